The molecule has 1 saturated heterocycles. The topological polar surface area (TPSA) is 15.3 Å². The molecule has 0 bridgehead atoms. The molecule has 0 spiro atoms. The molecule has 1 heterocycles. The normalized spacial score (nSPS) is 19.4. The van der Waals surface area contributed by atoms with E-state index in [1.54, 1.807) is 19.2 Å². The fraction of sp³-hybridized carbons (Fsp3) is 0.600. The van der Waals surface area contributed by atoms with Crippen molar-refractivity contribution < 1.29 is 17.6 Å². The quantitative estimate of drug-likeness (QED) is 0.834. The van der Waals surface area contributed by atoms with Crippen LogP contribution in [0.1, 0.15) is 24.4 Å². The van der Waals surface area contributed by atoms with Gasteiger partial charge < -0.3 is 5.32 Å². The molecule has 22 heavy (non-hydrogen) atoms. The molecular weight excluding hydrogens is 320 g/mol. The van der Waals surface area contributed by atoms with Crippen LogP contribution in [0, 0.1) is 11.7 Å². The summed E-state index contributed by atoms with van der Waals surface area (Å²) in [5.74, 6) is -0.267. The molecule has 0 amide bonds. The summed E-state index contributed by atoms with van der Waals surface area (Å²) in [7, 11) is 1.80. The van der Waals surface area contributed by atoms with Gasteiger partial charge >= 0.3 is 6.18 Å². The molecule has 1 fully saturated rings. The predicted molar refractivity (Wildman–Crippen MR) is 78.4 cm³/mol. The zero-order chi connectivity index (χ0) is 16.3. The van der Waals surface area contributed by atoms with E-state index in [9.17, 15) is 17.6 Å². The summed E-state index contributed by atoms with van der Waals surface area (Å²) in [4.78, 5) is 1.43. The van der Waals surface area contributed by atoms with E-state index < -0.39 is 18.5 Å². The van der Waals surface area contributed by atoms with Gasteiger partial charge in [-0.15, -0.1) is 0 Å². The third-order valence-electron chi connectivity index (χ3n) is 4.12. The lowest BCUT2D eigenvalue weighted by molar-refractivity contribution is -0.148. The molecule has 2 nitrogen and oxygen atoms in total. The van der Waals surface area contributed by atoms with Crippen LogP contribution in [0.2, 0.25) is 5.02 Å². The Bertz CT molecular complexity index is 499. The molecule has 0 radical (unpaired) electrons. The first-order valence-electron chi connectivity index (χ1n) is 7.21. The van der Waals surface area contributed by atoms with Crippen molar-refractivity contribution >= 4 is 11.6 Å². The highest BCUT2D eigenvalue weighted by molar-refractivity contribution is 6.30. The average molecular weight is 339 g/mol. The predicted octanol–water partition coefficient (Wildman–Crippen LogP) is 4.01. The van der Waals surface area contributed by atoms with Crippen LogP contribution in [0.5, 0.6) is 0 Å². The second-order valence-corrected chi connectivity index (χ2v) is 6.08. The molecule has 0 aliphatic carbocycles. The van der Waals surface area contributed by atoms with E-state index in [4.69, 9.17) is 11.6 Å². The van der Waals surface area contributed by atoms with Gasteiger partial charge in [-0.05, 0) is 56.6 Å². The summed E-state index contributed by atoms with van der Waals surface area (Å²) in [6.07, 6.45) is -2.83. The van der Waals surface area contributed by atoms with E-state index >= 15 is 0 Å². The monoisotopic (exact) mass is 338 g/mol. The minimum Gasteiger partial charge on any atom is -0.313 e. The molecule has 1 aromatic rings. The Hall–Kier alpha value is -0.850. The molecular formula is C15H19ClF4N2. The molecule has 0 saturated carbocycles. The molecule has 1 aliphatic heterocycles. The van der Waals surface area contributed by atoms with Crippen molar-refractivity contribution in [3.8, 4) is 0 Å². The average Bonchev–Trinajstić information content (AvgIpc) is 2.44. The number of hydrogen-bond donors (Lipinski definition) is 1. The smallest absolute Gasteiger partial charge is 0.313 e. The first-order chi connectivity index (χ1) is 10.3. The summed E-state index contributed by atoms with van der Waals surface area (Å²) in [5, 5.41) is 3.24. The Morgan fingerprint density at radius 3 is 2.45 bits per heavy atom. The largest absolute Gasteiger partial charge is 0.401 e. The highest BCUT2D eigenvalue weighted by Gasteiger charge is 2.34. The van der Waals surface area contributed by atoms with E-state index in [-0.39, 0.29) is 17.0 Å². The zero-order valence-electron chi connectivity index (χ0n) is 12.3. The Morgan fingerprint density at radius 2 is 1.95 bits per heavy atom. The highest BCUT2D eigenvalue weighted by atomic mass is 35.5. The maximum Gasteiger partial charge on any atom is 0.401 e. The molecule has 1 atom stereocenters. The Labute approximate surface area is 132 Å². The van der Waals surface area contributed by atoms with E-state index in [0.717, 1.165) is 5.56 Å². The first kappa shape index (κ1) is 17.5. The van der Waals surface area contributed by atoms with Gasteiger partial charge in [0.05, 0.1) is 11.6 Å². The maximum atomic E-state index is 13.3. The second kappa shape index (κ2) is 7.15. The van der Waals surface area contributed by atoms with Crippen LogP contribution in [-0.4, -0.2) is 37.8 Å². The van der Waals surface area contributed by atoms with Gasteiger partial charge in [0, 0.05) is 6.04 Å². The lowest BCUT2D eigenvalue weighted by Crippen LogP contribution is -2.42. The van der Waals surface area contributed by atoms with E-state index in [0.29, 0.717) is 25.9 Å². The van der Waals surface area contributed by atoms with Crippen LogP contribution in [0.15, 0.2) is 18.2 Å². The lowest BCUT2D eigenvalue weighted by Gasteiger charge is -2.36. The Balaban J connectivity index is 2.00. The minimum atomic E-state index is -4.15. The molecule has 1 N–H and O–H groups in total. The highest BCUT2D eigenvalue weighted by Crippen LogP contribution is 2.33. The maximum absolute atomic E-state index is 13.3. The van der Waals surface area contributed by atoms with E-state index in [1.165, 1.54) is 11.0 Å². The molecule has 1 aliphatic rings. The van der Waals surface area contributed by atoms with Gasteiger partial charge in [0.2, 0.25) is 0 Å². The van der Waals surface area contributed by atoms with Gasteiger partial charge in [0.15, 0.2) is 0 Å². The van der Waals surface area contributed by atoms with Crippen molar-refractivity contribution in [2.75, 3.05) is 26.7 Å². The van der Waals surface area contributed by atoms with Crippen molar-refractivity contribution in [1.82, 2.24) is 10.2 Å². The van der Waals surface area contributed by atoms with Crippen LogP contribution in [0.3, 0.4) is 0 Å². The first-order valence-corrected chi connectivity index (χ1v) is 7.59. The number of piperidine rings is 1. The van der Waals surface area contributed by atoms with Gasteiger partial charge in [-0.25, -0.2) is 4.39 Å². The van der Waals surface area contributed by atoms with Crippen LogP contribution in [0.4, 0.5) is 17.6 Å². The van der Waals surface area contributed by atoms with Gasteiger partial charge in [-0.3, -0.25) is 4.90 Å². The van der Waals surface area contributed by atoms with Gasteiger partial charge in [-0.2, -0.15) is 13.2 Å². The van der Waals surface area contributed by atoms with Gasteiger partial charge in [0.1, 0.15) is 5.82 Å². The molecule has 1 aromatic carbocycles. The number of nitrogens with zero attached hydrogens (tertiary/aromatic N) is 1. The number of nitrogens with one attached hydrogen (secondary N) is 1. The number of benzene rings is 1. The van der Waals surface area contributed by atoms with Crippen molar-refractivity contribution in [1.29, 1.82) is 0 Å². The van der Waals surface area contributed by atoms with Gasteiger partial charge in [0.25, 0.3) is 0 Å². The molecule has 124 valence electrons. The number of halogens is 5. The standard InChI is InChI=1S/C15H19ClF4N2/c1-21-14(11-2-3-13(17)12(16)8-11)10-4-6-22(7-5-10)9-15(18,19)20/h2-3,8,10,14,21H,4-7,9H2,1H3. The minimum absolute atomic E-state index is 0.0360. The summed E-state index contributed by atoms with van der Waals surface area (Å²) in [6.45, 7) is -0.0269. The fourth-order valence-corrected chi connectivity index (χ4v) is 3.27. The lowest BCUT2D eigenvalue weighted by atomic mass is 9.85. The third kappa shape index (κ3) is 4.57. The van der Waals surface area contributed by atoms with Crippen LogP contribution in [-0.2, 0) is 0 Å². The summed E-state index contributed by atoms with van der Waals surface area (Å²) >= 11 is 5.81. The van der Waals surface area contributed by atoms with Crippen LogP contribution >= 0.6 is 11.6 Å². The SMILES string of the molecule is CNC(c1ccc(F)c(Cl)c1)C1CCN(CC(F)(F)F)CC1. The summed E-state index contributed by atoms with van der Waals surface area (Å²) in [5.41, 5.74) is 0.864. The van der Waals surface area contributed by atoms with Crippen molar-refractivity contribution in [2.45, 2.75) is 25.1 Å². The van der Waals surface area contributed by atoms with Gasteiger partial charge in [-0.1, -0.05) is 17.7 Å². The zero-order valence-corrected chi connectivity index (χ0v) is 13.0. The van der Waals surface area contributed by atoms with Crippen molar-refractivity contribution in [2.24, 2.45) is 5.92 Å². The number of hydrogen-bond acceptors (Lipinski definition) is 2. The third-order valence-corrected chi connectivity index (χ3v) is 4.41. The Kier molecular flexibility index (Phi) is 5.69. The van der Waals surface area contributed by atoms with E-state index in [1.807, 2.05) is 0 Å². The summed E-state index contributed by atoms with van der Waals surface area (Å²) in [6, 6.07) is 4.54. The number of alkyl halides is 3. The molecule has 0 aromatic heterocycles. The molecule has 1 unspecified atom stereocenters. The summed E-state index contributed by atoms with van der Waals surface area (Å²) < 4.78 is 50.5. The van der Waals surface area contributed by atoms with Crippen molar-refractivity contribution in [3.63, 3.8) is 0 Å². The molecule has 2 rings (SSSR count). The van der Waals surface area contributed by atoms with Crippen molar-refractivity contribution in [3.05, 3.63) is 34.6 Å². The Morgan fingerprint density at radius 1 is 1.32 bits per heavy atom. The van der Waals surface area contributed by atoms with E-state index in [2.05, 4.69) is 5.32 Å². The second-order valence-electron chi connectivity index (χ2n) is 5.67. The number of rotatable bonds is 4. The van der Waals surface area contributed by atoms with Crippen LogP contribution in [0.25, 0.3) is 0 Å². The number of likely N-dealkylation sites (tertiary alicyclic amines) is 1. The molecule has 7 heteroatoms. The van der Waals surface area contributed by atoms with Crippen LogP contribution < -0.4 is 5.32 Å². The fourth-order valence-electron chi connectivity index (χ4n) is 3.08.